The molecule has 1 atom stereocenters. The Hall–Kier alpha value is -0.200. The Morgan fingerprint density at radius 1 is 1.21 bits per heavy atom. The van der Waals surface area contributed by atoms with Gasteiger partial charge in [0, 0.05) is 20.3 Å². The van der Waals surface area contributed by atoms with Crippen molar-refractivity contribution in [1.82, 2.24) is 5.32 Å². The van der Waals surface area contributed by atoms with Crippen LogP contribution in [-0.2, 0) is 4.74 Å². The minimum atomic E-state index is -0.984. The van der Waals surface area contributed by atoms with Crippen LogP contribution in [0.4, 0.5) is 0 Å². The molecule has 0 saturated carbocycles. The van der Waals surface area contributed by atoms with Crippen molar-refractivity contribution in [2.45, 2.75) is 12.5 Å². The van der Waals surface area contributed by atoms with E-state index in [0.717, 1.165) is 0 Å². The van der Waals surface area contributed by atoms with E-state index in [1.807, 2.05) is 6.92 Å². The van der Waals surface area contributed by atoms with E-state index in [2.05, 4.69) is 5.32 Å². The molecule has 86 valence electrons. The fourth-order valence-corrected chi connectivity index (χ4v) is 1.05. The summed E-state index contributed by atoms with van der Waals surface area (Å²) in [5.74, 6) is 0.268. The van der Waals surface area contributed by atoms with E-state index in [1.165, 1.54) is 0 Å². The molecule has 0 bridgehead atoms. The van der Waals surface area contributed by atoms with Crippen LogP contribution < -0.4 is 5.32 Å². The third kappa shape index (κ3) is 4.34. The van der Waals surface area contributed by atoms with Gasteiger partial charge < -0.3 is 25.4 Å². The van der Waals surface area contributed by atoms with Crippen LogP contribution in [0.3, 0.4) is 0 Å². The Morgan fingerprint density at radius 3 is 2.07 bits per heavy atom. The molecule has 0 fully saturated rings. The van der Waals surface area contributed by atoms with Crippen LogP contribution in [-0.4, -0.2) is 60.9 Å². The molecule has 0 heterocycles. The highest BCUT2D eigenvalue weighted by atomic mass is 16.5. The number of ether oxygens (including phenoxy) is 1. The van der Waals surface area contributed by atoms with E-state index in [0.29, 0.717) is 13.2 Å². The summed E-state index contributed by atoms with van der Waals surface area (Å²) < 4.78 is 4.94. The maximum atomic E-state index is 9.01. The molecule has 14 heavy (non-hydrogen) atoms. The highest BCUT2D eigenvalue weighted by molar-refractivity contribution is 4.86. The molecule has 0 radical (unpaired) electrons. The molecule has 0 rings (SSSR count). The highest BCUT2D eigenvalue weighted by Crippen LogP contribution is 2.03. The van der Waals surface area contributed by atoms with Crippen LogP contribution in [0.5, 0.6) is 0 Å². The van der Waals surface area contributed by atoms with Crippen LogP contribution in [0.25, 0.3) is 0 Å². The van der Waals surface area contributed by atoms with Crippen LogP contribution in [0.2, 0.25) is 0 Å². The number of hydrogen-bond acceptors (Lipinski definition) is 5. The van der Waals surface area contributed by atoms with Crippen molar-refractivity contribution in [3.05, 3.63) is 0 Å². The van der Waals surface area contributed by atoms with E-state index < -0.39 is 5.54 Å². The van der Waals surface area contributed by atoms with Gasteiger partial charge in [-0.3, -0.25) is 0 Å². The van der Waals surface area contributed by atoms with Crippen LogP contribution in [0.15, 0.2) is 0 Å². The summed E-state index contributed by atoms with van der Waals surface area (Å²) >= 11 is 0. The third-order valence-electron chi connectivity index (χ3n) is 2.18. The predicted molar refractivity (Wildman–Crippen MR) is 53.0 cm³/mol. The summed E-state index contributed by atoms with van der Waals surface area (Å²) in [5, 5.41) is 30.0. The van der Waals surface area contributed by atoms with E-state index >= 15 is 0 Å². The zero-order chi connectivity index (χ0) is 11.0. The predicted octanol–water partition coefficient (Wildman–Crippen LogP) is -1.43. The van der Waals surface area contributed by atoms with E-state index in [4.69, 9.17) is 20.1 Å². The lowest BCUT2D eigenvalue weighted by Gasteiger charge is -2.30. The van der Waals surface area contributed by atoms with E-state index in [9.17, 15) is 0 Å². The fourth-order valence-electron chi connectivity index (χ4n) is 1.05. The molecule has 0 amide bonds. The topological polar surface area (TPSA) is 82.0 Å². The van der Waals surface area contributed by atoms with Crippen molar-refractivity contribution in [3.8, 4) is 0 Å². The van der Waals surface area contributed by atoms with Crippen molar-refractivity contribution >= 4 is 0 Å². The van der Waals surface area contributed by atoms with Gasteiger partial charge in [0.15, 0.2) is 0 Å². The quantitative estimate of drug-likeness (QED) is 0.392. The second-order valence-corrected chi connectivity index (χ2v) is 3.70. The Morgan fingerprint density at radius 2 is 1.71 bits per heavy atom. The SMILES string of the molecule is COCC(C)CNC(CO)(CO)CO. The maximum absolute atomic E-state index is 9.01. The standard InChI is InChI=1S/C9H21NO4/c1-8(4-14-2)3-10-9(5-11,6-12)7-13/h8,10-13H,3-7H2,1-2H3. The fraction of sp³-hybridized carbons (Fsp3) is 1.00. The number of aliphatic hydroxyl groups is 3. The number of aliphatic hydroxyl groups excluding tert-OH is 3. The Kier molecular flexibility index (Phi) is 7.04. The van der Waals surface area contributed by atoms with Gasteiger partial charge in [0.05, 0.1) is 25.4 Å². The molecule has 0 spiro atoms. The van der Waals surface area contributed by atoms with Gasteiger partial charge in [0.1, 0.15) is 0 Å². The lowest BCUT2D eigenvalue weighted by atomic mass is 10.0. The molecule has 0 saturated heterocycles. The average Bonchev–Trinajstić information content (AvgIpc) is 2.21. The first-order valence-electron chi connectivity index (χ1n) is 4.70. The first-order valence-corrected chi connectivity index (χ1v) is 4.70. The van der Waals surface area contributed by atoms with Gasteiger partial charge in [0.25, 0.3) is 0 Å². The third-order valence-corrected chi connectivity index (χ3v) is 2.18. The van der Waals surface area contributed by atoms with Crippen molar-refractivity contribution in [2.75, 3.05) is 40.1 Å². The Bertz CT molecular complexity index is 131. The zero-order valence-electron chi connectivity index (χ0n) is 8.86. The Labute approximate surface area is 84.7 Å². The number of nitrogens with one attached hydrogen (secondary N) is 1. The molecule has 5 nitrogen and oxygen atoms in total. The smallest absolute Gasteiger partial charge is 0.0881 e. The van der Waals surface area contributed by atoms with Gasteiger partial charge in [-0.05, 0) is 5.92 Å². The minimum absolute atomic E-state index is 0.268. The van der Waals surface area contributed by atoms with Gasteiger partial charge >= 0.3 is 0 Å². The second-order valence-electron chi connectivity index (χ2n) is 3.70. The van der Waals surface area contributed by atoms with E-state index in [-0.39, 0.29) is 25.7 Å². The van der Waals surface area contributed by atoms with Gasteiger partial charge in [-0.25, -0.2) is 0 Å². The summed E-state index contributed by atoms with van der Waals surface area (Å²) in [6.07, 6.45) is 0. The lowest BCUT2D eigenvalue weighted by molar-refractivity contribution is 0.0369. The second kappa shape index (κ2) is 7.14. The summed E-state index contributed by atoms with van der Waals surface area (Å²) in [6.45, 7) is 2.29. The number of hydrogen-bond donors (Lipinski definition) is 4. The van der Waals surface area contributed by atoms with Crippen molar-refractivity contribution < 1.29 is 20.1 Å². The summed E-state index contributed by atoms with van der Waals surface area (Å²) in [6, 6.07) is 0. The van der Waals surface area contributed by atoms with Crippen LogP contribution in [0, 0.1) is 5.92 Å². The maximum Gasteiger partial charge on any atom is 0.0881 e. The van der Waals surface area contributed by atoms with Crippen LogP contribution in [0.1, 0.15) is 6.92 Å². The first-order chi connectivity index (χ1) is 6.64. The molecular formula is C9H21NO4. The van der Waals surface area contributed by atoms with Gasteiger partial charge in [-0.15, -0.1) is 0 Å². The van der Waals surface area contributed by atoms with Gasteiger partial charge in [-0.1, -0.05) is 6.92 Å². The minimum Gasteiger partial charge on any atom is -0.394 e. The summed E-state index contributed by atoms with van der Waals surface area (Å²) in [7, 11) is 1.62. The molecule has 0 aliphatic heterocycles. The monoisotopic (exact) mass is 207 g/mol. The van der Waals surface area contributed by atoms with E-state index in [1.54, 1.807) is 7.11 Å². The molecule has 0 aromatic heterocycles. The lowest BCUT2D eigenvalue weighted by Crippen LogP contribution is -2.56. The van der Waals surface area contributed by atoms with Crippen molar-refractivity contribution in [3.63, 3.8) is 0 Å². The summed E-state index contributed by atoms with van der Waals surface area (Å²) in [5.41, 5.74) is -0.984. The Balaban J connectivity index is 3.92. The van der Waals surface area contributed by atoms with Crippen LogP contribution >= 0.6 is 0 Å². The first kappa shape index (κ1) is 13.8. The molecular weight excluding hydrogens is 186 g/mol. The zero-order valence-corrected chi connectivity index (χ0v) is 8.86. The molecule has 1 unspecified atom stereocenters. The molecule has 4 N–H and O–H groups in total. The number of rotatable bonds is 8. The summed E-state index contributed by atoms with van der Waals surface area (Å²) in [4.78, 5) is 0. The largest absolute Gasteiger partial charge is 0.394 e. The number of methoxy groups -OCH3 is 1. The van der Waals surface area contributed by atoms with Crippen molar-refractivity contribution in [2.24, 2.45) is 5.92 Å². The highest BCUT2D eigenvalue weighted by Gasteiger charge is 2.27. The molecule has 0 aromatic carbocycles. The van der Waals surface area contributed by atoms with Gasteiger partial charge in [0.2, 0.25) is 0 Å². The normalized spacial score (nSPS) is 14.4. The van der Waals surface area contributed by atoms with Gasteiger partial charge in [-0.2, -0.15) is 0 Å². The molecule has 0 aromatic rings. The average molecular weight is 207 g/mol. The molecule has 5 heteroatoms. The van der Waals surface area contributed by atoms with Crippen molar-refractivity contribution in [1.29, 1.82) is 0 Å². The molecule has 0 aliphatic carbocycles. The molecule has 0 aliphatic rings.